The molecule has 0 aliphatic carbocycles. The molecular formula is C32H25ClF3N3O3. The highest BCUT2D eigenvalue weighted by Crippen LogP contribution is 2.37. The number of carbonyl (C=O) groups excluding carboxylic acids is 2. The van der Waals surface area contributed by atoms with Crippen molar-refractivity contribution < 1.29 is 27.5 Å². The van der Waals surface area contributed by atoms with E-state index >= 15 is 4.39 Å². The van der Waals surface area contributed by atoms with Gasteiger partial charge in [0.1, 0.15) is 11.6 Å². The Balaban J connectivity index is 1.61. The molecular weight excluding hydrogens is 567 g/mol. The van der Waals surface area contributed by atoms with Crippen LogP contribution in [0.2, 0.25) is 5.02 Å². The molecule has 2 N–H and O–H groups in total. The van der Waals surface area contributed by atoms with Gasteiger partial charge in [-0.15, -0.1) is 0 Å². The zero-order valence-corrected chi connectivity index (χ0v) is 23.4. The maximum absolute atomic E-state index is 15.6. The monoisotopic (exact) mass is 591 g/mol. The van der Waals surface area contributed by atoms with Gasteiger partial charge in [0.15, 0.2) is 5.82 Å². The Bertz CT molecular complexity index is 1720. The second-order valence-electron chi connectivity index (χ2n) is 9.81. The fourth-order valence-corrected chi connectivity index (χ4v) is 4.97. The van der Waals surface area contributed by atoms with Crippen LogP contribution < -0.4 is 10.6 Å². The molecule has 1 aliphatic rings. The van der Waals surface area contributed by atoms with Gasteiger partial charge < -0.3 is 10.1 Å². The normalized spacial score (nSPS) is 16.2. The molecule has 1 aromatic heterocycles. The van der Waals surface area contributed by atoms with Crippen molar-refractivity contribution >= 4 is 40.5 Å². The van der Waals surface area contributed by atoms with Crippen LogP contribution in [0.1, 0.15) is 31.0 Å². The molecule has 5 rings (SSSR count). The molecule has 10 heteroatoms. The predicted molar refractivity (Wildman–Crippen MR) is 157 cm³/mol. The molecule has 2 amide bonds. The van der Waals surface area contributed by atoms with Gasteiger partial charge in [0.05, 0.1) is 29.1 Å². The van der Waals surface area contributed by atoms with Crippen molar-refractivity contribution in [3.8, 4) is 22.3 Å². The number of fused-ring (bicyclic) bond motifs is 4. The first-order valence-electron chi connectivity index (χ1n) is 13.1. The third kappa shape index (κ3) is 5.87. The van der Waals surface area contributed by atoms with Gasteiger partial charge in [-0.1, -0.05) is 48.9 Å². The van der Waals surface area contributed by atoms with Crippen molar-refractivity contribution in [2.75, 3.05) is 17.7 Å². The second-order valence-corrected chi connectivity index (χ2v) is 10.2. The number of hydrogen-bond acceptors (Lipinski definition) is 4. The summed E-state index contributed by atoms with van der Waals surface area (Å²) in [6, 6.07) is 15.2. The smallest absolute Gasteiger partial charge is 0.411 e. The molecule has 0 saturated heterocycles. The summed E-state index contributed by atoms with van der Waals surface area (Å²) in [7, 11) is 1.19. The van der Waals surface area contributed by atoms with Gasteiger partial charge in [-0.05, 0) is 60.4 Å². The first kappa shape index (κ1) is 28.9. The van der Waals surface area contributed by atoms with Crippen molar-refractivity contribution in [3.05, 3.63) is 107 Å². The molecule has 6 nitrogen and oxygen atoms in total. The van der Waals surface area contributed by atoms with Crippen molar-refractivity contribution in [2.45, 2.75) is 19.8 Å². The molecule has 4 aromatic rings. The van der Waals surface area contributed by atoms with Gasteiger partial charge in [-0.2, -0.15) is 0 Å². The van der Waals surface area contributed by atoms with Crippen LogP contribution in [0.25, 0.3) is 27.8 Å². The van der Waals surface area contributed by atoms with Gasteiger partial charge >= 0.3 is 6.09 Å². The van der Waals surface area contributed by atoms with Crippen LogP contribution in [-0.4, -0.2) is 24.1 Å². The lowest BCUT2D eigenvalue weighted by Crippen LogP contribution is -2.21. The summed E-state index contributed by atoms with van der Waals surface area (Å²) >= 11 is 5.87. The highest BCUT2D eigenvalue weighted by atomic mass is 35.5. The number of hydrogen-bond donors (Lipinski definition) is 2. The number of nitrogens with one attached hydrogen (secondary N) is 2. The van der Waals surface area contributed by atoms with E-state index in [1.54, 1.807) is 37.3 Å². The topological polar surface area (TPSA) is 80.3 Å². The molecule has 1 unspecified atom stereocenters. The van der Waals surface area contributed by atoms with Crippen LogP contribution >= 0.6 is 11.6 Å². The van der Waals surface area contributed by atoms with E-state index in [9.17, 15) is 18.4 Å². The van der Waals surface area contributed by atoms with Gasteiger partial charge in [-0.3, -0.25) is 15.1 Å². The highest BCUT2D eigenvalue weighted by Gasteiger charge is 2.22. The third-order valence-corrected chi connectivity index (χ3v) is 7.30. The minimum atomic E-state index is -0.873. The molecule has 0 saturated carbocycles. The van der Waals surface area contributed by atoms with Crippen LogP contribution in [-0.2, 0) is 9.53 Å². The summed E-state index contributed by atoms with van der Waals surface area (Å²) < 4.78 is 49.3. The van der Waals surface area contributed by atoms with Crippen LogP contribution in [0.15, 0.2) is 72.9 Å². The van der Waals surface area contributed by atoms with E-state index in [2.05, 4.69) is 20.4 Å². The Kier molecular flexibility index (Phi) is 8.31. The SMILES string of the molecule is COC(=O)Nc1cc(F)c2c(c1)NC(=O)C(C)CC/C=C(/c1ccc(-c3c(F)ccc(Cl)c3F)cn1)c1cccc-2c1. The van der Waals surface area contributed by atoms with E-state index < -0.39 is 29.5 Å². The van der Waals surface area contributed by atoms with Crippen molar-refractivity contribution in [1.29, 1.82) is 0 Å². The lowest BCUT2D eigenvalue weighted by Gasteiger charge is -2.19. The summed E-state index contributed by atoms with van der Waals surface area (Å²) in [5.74, 6) is -3.05. The lowest BCUT2D eigenvalue weighted by molar-refractivity contribution is -0.119. The fraction of sp³-hybridized carbons (Fsp3) is 0.156. The zero-order chi connectivity index (χ0) is 30.0. The molecule has 0 spiro atoms. The average molecular weight is 592 g/mol. The van der Waals surface area contributed by atoms with E-state index in [0.717, 1.165) is 23.8 Å². The van der Waals surface area contributed by atoms with Crippen LogP contribution in [0.5, 0.6) is 0 Å². The number of nitrogens with zero attached hydrogens (tertiary/aromatic N) is 1. The van der Waals surface area contributed by atoms with E-state index in [1.807, 2.05) is 12.1 Å². The Morgan fingerprint density at radius 2 is 1.79 bits per heavy atom. The number of benzene rings is 3. The largest absolute Gasteiger partial charge is 0.453 e. The summed E-state index contributed by atoms with van der Waals surface area (Å²) in [6.45, 7) is 1.77. The molecule has 1 aliphatic heterocycles. The Hall–Kier alpha value is -4.63. The molecule has 2 heterocycles. The maximum Gasteiger partial charge on any atom is 0.411 e. The maximum atomic E-state index is 15.6. The van der Waals surface area contributed by atoms with Crippen LogP contribution in [0.3, 0.4) is 0 Å². The molecule has 214 valence electrons. The third-order valence-electron chi connectivity index (χ3n) is 7.01. The van der Waals surface area contributed by atoms with Crippen LogP contribution in [0.4, 0.5) is 29.3 Å². The minimum absolute atomic E-state index is 0.117. The summed E-state index contributed by atoms with van der Waals surface area (Å²) in [6.07, 6.45) is 3.52. The first-order valence-corrected chi connectivity index (χ1v) is 13.4. The highest BCUT2D eigenvalue weighted by molar-refractivity contribution is 6.31. The Morgan fingerprint density at radius 3 is 2.52 bits per heavy atom. The van der Waals surface area contributed by atoms with Gasteiger partial charge in [0.25, 0.3) is 0 Å². The van der Waals surface area contributed by atoms with Crippen LogP contribution in [0, 0.1) is 23.4 Å². The summed E-state index contributed by atoms with van der Waals surface area (Å²) in [5, 5.41) is 5.04. The Morgan fingerprint density at radius 1 is 1.00 bits per heavy atom. The zero-order valence-electron chi connectivity index (χ0n) is 22.6. The number of amides is 2. The first-order chi connectivity index (χ1) is 20.2. The number of aromatic nitrogens is 1. The summed E-state index contributed by atoms with van der Waals surface area (Å²) in [4.78, 5) is 29.3. The number of carbonyl (C=O) groups is 2. The average Bonchev–Trinajstić information content (AvgIpc) is 2.97. The standard InChI is InChI=1S/C32H25ClF3N3O3/c1-17-5-3-8-22(26-12-9-20(16-37-26)29-24(34)11-10-23(33)30(29)36)18-6-4-7-19(13-18)28-25(35)14-21(38-32(41)42-2)15-27(28)39-31(17)40/h4,6-17H,3,5H2,1-2H3,(H,38,41)(H,39,40)/b22-8+. The molecule has 0 fully saturated rings. The van der Waals surface area contributed by atoms with Gasteiger partial charge in [-0.25, -0.2) is 18.0 Å². The number of rotatable bonds is 3. The quantitative estimate of drug-likeness (QED) is 0.234. The predicted octanol–water partition coefficient (Wildman–Crippen LogP) is 8.46. The molecule has 42 heavy (non-hydrogen) atoms. The van der Waals surface area contributed by atoms with E-state index in [0.29, 0.717) is 29.7 Å². The van der Waals surface area contributed by atoms with E-state index in [1.165, 1.54) is 19.4 Å². The number of halogens is 4. The van der Waals surface area contributed by atoms with Gasteiger partial charge in [0.2, 0.25) is 5.91 Å². The fourth-order valence-electron chi connectivity index (χ4n) is 4.81. The molecule has 1 atom stereocenters. The number of ether oxygens (including phenoxy) is 1. The van der Waals surface area contributed by atoms with Gasteiger partial charge in [0, 0.05) is 34.5 Å². The number of methoxy groups -OCH3 is 1. The molecule has 0 radical (unpaired) electrons. The second kappa shape index (κ2) is 12.1. The Labute approximate surface area is 245 Å². The molecule has 2 bridgehead atoms. The number of pyridine rings is 1. The van der Waals surface area contributed by atoms with E-state index in [-0.39, 0.29) is 39.0 Å². The van der Waals surface area contributed by atoms with Crippen molar-refractivity contribution in [2.24, 2.45) is 5.92 Å². The minimum Gasteiger partial charge on any atom is -0.453 e. The molecule has 3 aromatic carbocycles. The van der Waals surface area contributed by atoms with Crippen molar-refractivity contribution in [1.82, 2.24) is 4.98 Å². The van der Waals surface area contributed by atoms with E-state index in [4.69, 9.17) is 11.6 Å². The number of anilines is 2. The lowest BCUT2D eigenvalue weighted by atomic mass is 9.92. The summed E-state index contributed by atoms with van der Waals surface area (Å²) in [5.41, 5.74) is 2.81. The number of allylic oxidation sites excluding steroid dienone is 1. The van der Waals surface area contributed by atoms with Crippen molar-refractivity contribution in [3.63, 3.8) is 0 Å².